The van der Waals surface area contributed by atoms with Crippen molar-refractivity contribution in [2.75, 3.05) is 6.54 Å². The molecule has 7 nitrogen and oxygen atoms in total. The second-order valence-electron chi connectivity index (χ2n) is 7.41. The van der Waals surface area contributed by atoms with Crippen LogP contribution in [0.2, 0.25) is 0 Å². The Morgan fingerprint density at radius 2 is 1.74 bits per heavy atom. The first-order valence-corrected chi connectivity index (χ1v) is 10.8. The number of hydrogen-bond donors (Lipinski definition) is 2. The summed E-state index contributed by atoms with van der Waals surface area (Å²) in [5, 5.41) is 11.1. The lowest BCUT2D eigenvalue weighted by molar-refractivity contribution is -0.146. The number of rotatable bonds is 7. The lowest BCUT2D eigenvalue weighted by Gasteiger charge is -2.25. The van der Waals surface area contributed by atoms with Crippen LogP contribution in [0.25, 0.3) is 0 Å². The van der Waals surface area contributed by atoms with Crippen molar-refractivity contribution >= 4 is 34.7 Å². The molecule has 0 bridgehead atoms. The lowest BCUT2D eigenvalue weighted by atomic mass is 10.0. The maximum atomic E-state index is 13.1. The van der Waals surface area contributed by atoms with E-state index in [1.807, 2.05) is 54.6 Å². The largest absolute Gasteiger partial charge is 0.480 e. The molecule has 0 radical (unpaired) electrons. The number of nitrogens with one attached hydrogen (secondary N) is 1. The fraction of sp³-hybridized carbons (Fsp3) is 0.304. The number of benzene rings is 2. The predicted molar refractivity (Wildman–Crippen MR) is 117 cm³/mol. The zero-order chi connectivity index (χ0) is 22.4. The van der Waals surface area contributed by atoms with Crippen molar-refractivity contribution in [2.24, 2.45) is 0 Å². The molecular weight excluding hydrogens is 416 g/mol. The summed E-state index contributed by atoms with van der Waals surface area (Å²) in [6.07, 6.45) is 0.604. The molecule has 0 spiro atoms. The van der Waals surface area contributed by atoms with Gasteiger partial charge in [-0.3, -0.25) is 19.2 Å². The van der Waals surface area contributed by atoms with Crippen LogP contribution < -0.4 is 5.32 Å². The molecule has 0 aliphatic carbocycles. The molecule has 2 atom stereocenters. The Kier molecular flexibility index (Phi) is 7.46. The Balaban J connectivity index is 1.82. The van der Waals surface area contributed by atoms with Crippen LogP contribution >= 0.6 is 11.8 Å². The van der Waals surface area contributed by atoms with Gasteiger partial charge in [0.2, 0.25) is 11.8 Å². The third-order valence-electron chi connectivity index (χ3n) is 5.02. The summed E-state index contributed by atoms with van der Waals surface area (Å²) in [5.74, 6) is -1.98. The topological polar surface area (TPSA) is 104 Å². The van der Waals surface area contributed by atoms with Crippen LogP contribution in [0.1, 0.15) is 23.6 Å². The summed E-state index contributed by atoms with van der Waals surface area (Å²) >= 11 is 0.925. The summed E-state index contributed by atoms with van der Waals surface area (Å²) in [5.41, 5.74) is 2.64. The highest BCUT2D eigenvalue weighted by molar-refractivity contribution is 8.14. The molecule has 1 aliphatic heterocycles. The Bertz CT molecular complexity index is 979. The predicted octanol–water partition coefficient (Wildman–Crippen LogP) is 2.03. The van der Waals surface area contributed by atoms with Crippen molar-refractivity contribution in [3.63, 3.8) is 0 Å². The number of thioether (sulfide) groups is 1. The smallest absolute Gasteiger partial charge is 0.323 e. The summed E-state index contributed by atoms with van der Waals surface area (Å²) in [6, 6.07) is 15.8. The second-order valence-corrected chi connectivity index (χ2v) is 8.79. The monoisotopic (exact) mass is 440 g/mol. The maximum absolute atomic E-state index is 13.1. The summed E-state index contributed by atoms with van der Waals surface area (Å²) in [7, 11) is 0. The van der Waals surface area contributed by atoms with Crippen molar-refractivity contribution in [3.8, 4) is 0 Å². The molecule has 2 aromatic carbocycles. The van der Waals surface area contributed by atoms with Gasteiger partial charge < -0.3 is 15.3 Å². The van der Waals surface area contributed by atoms with Gasteiger partial charge in [0, 0.05) is 19.9 Å². The van der Waals surface area contributed by atoms with E-state index in [2.05, 4.69) is 5.32 Å². The van der Waals surface area contributed by atoms with E-state index in [4.69, 9.17) is 0 Å². The minimum Gasteiger partial charge on any atom is -0.480 e. The highest BCUT2D eigenvalue weighted by Crippen LogP contribution is 2.22. The fourth-order valence-corrected chi connectivity index (χ4v) is 4.46. The van der Waals surface area contributed by atoms with Crippen molar-refractivity contribution in [1.82, 2.24) is 10.2 Å². The van der Waals surface area contributed by atoms with E-state index in [1.54, 1.807) is 0 Å². The van der Waals surface area contributed by atoms with Gasteiger partial charge in [0.15, 0.2) is 5.12 Å². The molecule has 2 amide bonds. The van der Waals surface area contributed by atoms with Gasteiger partial charge in [-0.15, -0.1) is 0 Å². The van der Waals surface area contributed by atoms with Crippen molar-refractivity contribution in [3.05, 3.63) is 71.3 Å². The number of carboxylic acids is 1. The quantitative estimate of drug-likeness (QED) is 0.683. The number of carbonyl (C=O) groups is 4. The molecule has 1 heterocycles. The zero-order valence-electron chi connectivity index (χ0n) is 17.1. The van der Waals surface area contributed by atoms with Gasteiger partial charge in [-0.25, -0.2) is 0 Å². The van der Waals surface area contributed by atoms with Crippen LogP contribution in [0.3, 0.4) is 0 Å². The summed E-state index contributed by atoms with van der Waals surface area (Å²) < 4.78 is 0. The van der Waals surface area contributed by atoms with Crippen LogP contribution in [0, 0.1) is 0 Å². The van der Waals surface area contributed by atoms with Gasteiger partial charge >= 0.3 is 5.97 Å². The molecule has 162 valence electrons. The number of amides is 2. The third-order valence-corrected chi connectivity index (χ3v) is 6.02. The normalized spacial score (nSPS) is 16.7. The van der Waals surface area contributed by atoms with Crippen molar-refractivity contribution in [2.45, 2.75) is 37.6 Å². The molecule has 0 saturated carbocycles. The van der Waals surface area contributed by atoms with Crippen LogP contribution in [0.15, 0.2) is 54.6 Å². The van der Waals surface area contributed by atoms with Crippen LogP contribution in [0.4, 0.5) is 0 Å². The third kappa shape index (κ3) is 6.18. The van der Waals surface area contributed by atoms with Gasteiger partial charge in [-0.1, -0.05) is 66.4 Å². The maximum Gasteiger partial charge on any atom is 0.323 e. The van der Waals surface area contributed by atoms with E-state index >= 15 is 0 Å². The van der Waals surface area contributed by atoms with E-state index in [0.717, 1.165) is 28.5 Å². The lowest BCUT2D eigenvalue weighted by Crippen LogP contribution is -2.51. The highest BCUT2D eigenvalue weighted by atomic mass is 32.2. The molecular formula is C23H24N2O5S. The molecule has 0 saturated heterocycles. The van der Waals surface area contributed by atoms with Crippen molar-refractivity contribution in [1.29, 1.82) is 0 Å². The number of fused-ring (bicyclic) bond motifs is 1. The second kappa shape index (κ2) is 10.3. The first-order chi connectivity index (χ1) is 14.8. The molecule has 8 heteroatoms. The van der Waals surface area contributed by atoms with E-state index in [9.17, 15) is 24.3 Å². The first kappa shape index (κ1) is 22.6. The molecule has 2 aromatic rings. The average molecular weight is 441 g/mol. The number of carboxylic acid groups (broad SMARTS) is 1. The summed E-state index contributed by atoms with van der Waals surface area (Å²) in [4.78, 5) is 50.4. The molecule has 31 heavy (non-hydrogen) atoms. The Labute approximate surface area is 184 Å². The molecule has 0 aromatic heterocycles. The van der Waals surface area contributed by atoms with E-state index in [0.29, 0.717) is 6.42 Å². The van der Waals surface area contributed by atoms with Gasteiger partial charge in [0.25, 0.3) is 0 Å². The highest BCUT2D eigenvalue weighted by Gasteiger charge is 2.33. The number of aliphatic carboxylic acids is 1. The Morgan fingerprint density at radius 1 is 1.10 bits per heavy atom. The van der Waals surface area contributed by atoms with Gasteiger partial charge in [-0.05, 0) is 23.1 Å². The molecule has 0 fully saturated rings. The molecule has 1 aliphatic rings. The van der Waals surface area contributed by atoms with E-state index in [1.165, 1.54) is 11.8 Å². The molecule has 3 rings (SSSR count). The zero-order valence-corrected chi connectivity index (χ0v) is 17.9. The summed E-state index contributed by atoms with van der Waals surface area (Å²) in [6.45, 7) is 1.12. The first-order valence-electron chi connectivity index (χ1n) is 9.92. The standard InChI is InChI=1S/C23H24N2O5S/c1-15(26)31-20(11-16-7-3-2-4-8-16)22(29)24-19-12-17-9-5-6-10-18(17)13-25(23(19)30)14-21(27)28/h2-10,19-20H,11-14H2,1H3,(H,24,29)(H,27,28)/t19-,20?/m0/s1. The number of nitrogens with zero attached hydrogens (tertiary/aromatic N) is 1. The minimum atomic E-state index is -1.12. The number of hydrogen-bond acceptors (Lipinski definition) is 5. The van der Waals surface area contributed by atoms with E-state index < -0.39 is 35.6 Å². The van der Waals surface area contributed by atoms with Gasteiger partial charge in [0.1, 0.15) is 12.6 Å². The van der Waals surface area contributed by atoms with Crippen LogP contribution in [0.5, 0.6) is 0 Å². The van der Waals surface area contributed by atoms with Crippen molar-refractivity contribution < 1.29 is 24.3 Å². The Hall–Kier alpha value is -3.13. The van der Waals surface area contributed by atoms with Gasteiger partial charge in [0.05, 0.1) is 5.25 Å². The molecule has 1 unspecified atom stereocenters. The number of carbonyl (C=O) groups excluding carboxylic acids is 3. The minimum absolute atomic E-state index is 0.170. The van der Waals surface area contributed by atoms with Crippen LogP contribution in [-0.4, -0.2) is 50.7 Å². The van der Waals surface area contributed by atoms with Crippen LogP contribution in [-0.2, 0) is 38.6 Å². The van der Waals surface area contributed by atoms with Gasteiger partial charge in [-0.2, -0.15) is 0 Å². The Morgan fingerprint density at radius 3 is 2.39 bits per heavy atom. The average Bonchev–Trinajstić information content (AvgIpc) is 2.84. The molecule has 2 N–H and O–H groups in total. The SMILES string of the molecule is CC(=O)SC(Cc1ccccc1)C(=O)N[C@H]1Cc2ccccc2CN(CC(=O)O)C1=O. The fourth-order valence-electron chi connectivity index (χ4n) is 3.61. The van der Waals surface area contributed by atoms with E-state index in [-0.39, 0.29) is 18.1 Å².